The number of nitrogens with zero attached hydrogens (tertiary/aromatic N) is 3. The molecule has 5 heteroatoms. The molecule has 106 valence electrons. The number of hydrogen-bond donors (Lipinski definition) is 1. The standard InChI is InChI=1S/C16H15N3O2/c1-2-16(21)5-9-19(10-6-16)15(20)12-3-4-13-14(11-12)18-8-7-17-13/h1,3-4,7-8,11,21H,5-6,9-10H2. The van der Waals surface area contributed by atoms with E-state index in [1.807, 2.05) is 0 Å². The smallest absolute Gasteiger partial charge is 0.253 e. The Morgan fingerprint density at radius 3 is 2.57 bits per heavy atom. The Morgan fingerprint density at radius 2 is 1.90 bits per heavy atom. The molecule has 1 aromatic heterocycles. The molecule has 0 atom stereocenters. The SMILES string of the molecule is C#CC1(O)CCN(C(=O)c2ccc3nccnc3c2)CC1. The monoisotopic (exact) mass is 281 g/mol. The normalized spacial score (nSPS) is 17.4. The number of carbonyl (C=O) groups is 1. The quantitative estimate of drug-likeness (QED) is 0.798. The van der Waals surface area contributed by atoms with E-state index in [2.05, 4.69) is 15.9 Å². The van der Waals surface area contributed by atoms with Crippen molar-refractivity contribution in [1.82, 2.24) is 14.9 Å². The summed E-state index contributed by atoms with van der Waals surface area (Å²) in [7, 11) is 0. The molecule has 0 aliphatic carbocycles. The van der Waals surface area contributed by atoms with E-state index in [0.717, 1.165) is 5.52 Å². The second kappa shape index (κ2) is 5.15. The van der Waals surface area contributed by atoms with Crippen molar-refractivity contribution >= 4 is 16.9 Å². The van der Waals surface area contributed by atoms with Crippen LogP contribution in [0.3, 0.4) is 0 Å². The maximum absolute atomic E-state index is 12.5. The number of hydrogen-bond acceptors (Lipinski definition) is 4. The summed E-state index contributed by atoms with van der Waals surface area (Å²) in [5.41, 5.74) is 0.954. The van der Waals surface area contributed by atoms with Crippen LogP contribution in [0.1, 0.15) is 23.2 Å². The zero-order valence-electron chi connectivity index (χ0n) is 11.5. The molecule has 1 fully saturated rings. The van der Waals surface area contributed by atoms with Gasteiger partial charge in [-0.3, -0.25) is 14.8 Å². The van der Waals surface area contributed by atoms with Crippen LogP contribution < -0.4 is 0 Å². The van der Waals surface area contributed by atoms with Gasteiger partial charge in [0.05, 0.1) is 11.0 Å². The molecule has 0 radical (unpaired) electrons. The van der Waals surface area contributed by atoms with Gasteiger partial charge in [0, 0.05) is 43.9 Å². The van der Waals surface area contributed by atoms with Crippen LogP contribution in [0.2, 0.25) is 0 Å². The van der Waals surface area contributed by atoms with Gasteiger partial charge >= 0.3 is 0 Å². The second-order valence-corrected chi connectivity index (χ2v) is 5.23. The van der Waals surface area contributed by atoms with Gasteiger partial charge in [-0.2, -0.15) is 0 Å². The Morgan fingerprint density at radius 1 is 1.24 bits per heavy atom. The highest BCUT2D eigenvalue weighted by Crippen LogP contribution is 2.23. The minimum Gasteiger partial charge on any atom is -0.377 e. The third kappa shape index (κ3) is 2.58. The van der Waals surface area contributed by atoms with Crippen LogP contribution in [0, 0.1) is 12.3 Å². The van der Waals surface area contributed by atoms with Crippen molar-refractivity contribution in [2.45, 2.75) is 18.4 Å². The third-order valence-electron chi connectivity index (χ3n) is 3.86. The number of benzene rings is 1. The number of rotatable bonds is 1. The van der Waals surface area contributed by atoms with E-state index in [-0.39, 0.29) is 5.91 Å². The van der Waals surface area contributed by atoms with Gasteiger partial charge < -0.3 is 10.0 Å². The van der Waals surface area contributed by atoms with Gasteiger partial charge in [0.2, 0.25) is 0 Å². The maximum atomic E-state index is 12.5. The molecule has 3 rings (SSSR count). The largest absolute Gasteiger partial charge is 0.377 e. The number of aliphatic hydroxyl groups is 1. The summed E-state index contributed by atoms with van der Waals surface area (Å²) >= 11 is 0. The number of likely N-dealkylation sites (tertiary alicyclic amines) is 1. The fraction of sp³-hybridized carbons (Fsp3) is 0.312. The zero-order chi connectivity index (χ0) is 14.9. The molecule has 1 aromatic carbocycles. The van der Waals surface area contributed by atoms with E-state index >= 15 is 0 Å². The van der Waals surface area contributed by atoms with E-state index in [1.54, 1.807) is 35.5 Å². The van der Waals surface area contributed by atoms with Crippen molar-refractivity contribution in [3.63, 3.8) is 0 Å². The lowest BCUT2D eigenvalue weighted by Gasteiger charge is -2.35. The molecule has 5 nitrogen and oxygen atoms in total. The fourth-order valence-electron chi connectivity index (χ4n) is 2.50. The van der Waals surface area contributed by atoms with E-state index in [0.29, 0.717) is 37.0 Å². The molecule has 0 saturated carbocycles. The van der Waals surface area contributed by atoms with E-state index < -0.39 is 5.60 Å². The van der Waals surface area contributed by atoms with Crippen molar-refractivity contribution in [1.29, 1.82) is 0 Å². The summed E-state index contributed by atoms with van der Waals surface area (Å²) in [6.45, 7) is 0.913. The minimum atomic E-state index is -1.08. The Labute approximate surface area is 122 Å². The molecule has 2 aromatic rings. The van der Waals surface area contributed by atoms with E-state index in [4.69, 9.17) is 6.42 Å². The maximum Gasteiger partial charge on any atom is 0.253 e. The molecule has 2 heterocycles. The van der Waals surface area contributed by atoms with E-state index in [9.17, 15) is 9.90 Å². The number of amides is 1. The molecule has 1 aliphatic heterocycles. The van der Waals surface area contributed by atoms with Gasteiger partial charge in [0.15, 0.2) is 0 Å². The molecule has 21 heavy (non-hydrogen) atoms. The highest BCUT2D eigenvalue weighted by Gasteiger charge is 2.32. The summed E-state index contributed by atoms with van der Waals surface area (Å²) in [5.74, 6) is 2.34. The van der Waals surface area contributed by atoms with Crippen LogP contribution in [-0.4, -0.2) is 44.6 Å². The lowest BCUT2D eigenvalue weighted by atomic mass is 9.92. The Balaban J connectivity index is 1.80. The van der Waals surface area contributed by atoms with Gasteiger partial charge in [-0.1, -0.05) is 5.92 Å². The average Bonchev–Trinajstić information content (AvgIpc) is 2.54. The van der Waals surface area contributed by atoms with Crippen LogP contribution in [0.4, 0.5) is 0 Å². The van der Waals surface area contributed by atoms with Gasteiger partial charge in [-0.15, -0.1) is 6.42 Å². The predicted molar refractivity (Wildman–Crippen MR) is 78.5 cm³/mol. The predicted octanol–water partition coefficient (Wildman–Crippen LogP) is 1.23. The van der Waals surface area contributed by atoms with Crippen molar-refractivity contribution in [2.24, 2.45) is 0 Å². The van der Waals surface area contributed by atoms with Crippen LogP contribution in [0.15, 0.2) is 30.6 Å². The first-order valence-electron chi connectivity index (χ1n) is 6.81. The van der Waals surface area contributed by atoms with Gasteiger partial charge in [0.1, 0.15) is 5.60 Å². The molecule has 1 aliphatic rings. The molecule has 0 bridgehead atoms. The summed E-state index contributed by atoms with van der Waals surface area (Å²) in [6.07, 6.45) is 9.35. The number of aromatic nitrogens is 2. The number of terminal acetylenes is 1. The number of fused-ring (bicyclic) bond motifs is 1. The van der Waals surface area contributed by atoms with Gasteiger partial charge in [0.25, 0.3) is 5.91 Å². The Kier molecular flexibility index (Phi) is 3.32. The summed E-state index contributed by atoms with van der Waals surface area (Å²) in [5, 5.41) is 10.00. The summed E-state index contributed by atoms with van der Waals surface area (Å²) < 4.78 is 0. The summed E-state index contributed by atoms with van der Waals surface area (Å²) in [4.78, 5) is 22.6. The van der Waals surface area contributed by atoms with Crippen molar-refractivity contribution in [3.8, 4) is 12.3 Å². The topological polar surface area (TPSA) is 66.3 Å². The fourth-order valence-corrected chi connectivity index (χ4v) is 2.50. The van der Waals surface area contributed by atoms with Crippen molar-refractivity contribution in [2.75, 3.05) is 13.1 Å². The van der Waals surface area contributed by atoms with E-state index in [1.165, 1.54) is 0 Å². The highest BCUT2D eigenvalue weighted by molar-refractivity contribution is 5.97. The van der Waals surface area contributed by atoms with Crippen LogP contribution in [0.25, 0.3) is 11.0 Å². The first-order chi connectivity index (χ1) is 10.1. The highest BCUT2D eigenvalue weighted by atomic mass is 16.3. The lowest BCUT2D eigenvalue weighted by molar-refractivity contribution is 0.0250. The molecule has 1 N–H and O–H groups in total. The Hall–Kier alpha value is -2.45. The van der Waals surface area contributed by atoms with Crippen LogP contribution in [0.5, 0.6) is 0 Å². The first-order valence-corrected chi connectivity index (χ1v) is 6.81. The lowest BCUT2D eigenvalue weighted by Crippen LogP contribution is -2.45. The molecular weight excluding hydrogens is 266 g/mol. The molecule has 1 amide bonds. The van der Waals surface area contributed by atoms with Crippen LogP contribution in [-0.2, 0) is 0 Å². The average molecular weight is 281 g/mol. The van der Waals surface area contributed by atoms with Crippen molar-refractivity contribution in [3.05, 3.63) is 36.2 Å². The third-order valence-corrected chi connectivity index (χ3v) is 3.86. The first kappa shape index (κ1) is 13.5. The minimum absolute atomic E-state index is 0.0679. The molecule has 1 saturated heterocycles. The van der Waals surface area contributed by atoms with Gasteiger partial charge in [-0.05, 0) is 18.2 Å². The van der Waals surface area contributed by atoms with Crippen molar-refractivity contribution < 1.29 is 9.90 Å². The second-order valence-electron chi connectivity index (χ2n) is 5.23. The van der Waals surface area contributed by atoms with Gasteiger partial charge in [-0.25, -0.2) is 0 Å². The number of carbonyl (C=O) groups excluding carboxylic acids is 1. The molecular formula is C16H15N3O2. The zero-order valence-corrected chi connectivity index (χ0v) is 11.5. The summed E-state index contributed by atoms with van der Waals surface area (Å²) in [6, 6.07) is 5.28. The molecule has 0 unspecified atom stereocenters. The van der Waals surface area contributed by atoms with Crippen LogP contribution >= 0.6 is 0 Å². The number of piperidine rings is 1. The molecule has 0 spiro atoms. The Bertz CT molecular complexity index is 728.